The third kappa shape index (κ3) is 2.48. The van der Waals surface area contributed by atoms with E-state index in [0.717, 1.165) is 23.9 Å². The topological polar surface area (TPSA) is 21.3 Å². The average Bonchev–Trinajstić information content (AvgIpc) is 2.46. The van der Waals surface area contributed by atoms with Gasteiger partial charge in [0.2, 0.25) is 0 Å². The van der Waals surface area contributed by atoms with Crippen LogP contribution in [0.15, 0.2) is 6.07 Å². The van der Waals surface area contributed by atoms with Crippen LogP contribution in [0.25, 0.3) is 0 Å². The van der Waals surface area contributed by atoms with Crippen LogP contribution < -0.4 is 10.1 Å². The summed E-state index contributed by atoms with van der Waals surface area (Å²) in [5.74, 6) is 1.55. The lowest BCUT2D eigenvalue weighted by molar-refractivity contribution is 0.389. The lowest BCUT2D eigenvalue weighted by atomic mass is 9.80. The Morgan fingerprint density at radius 3 is 2.68 bits per heavy atom. The molecular weight excluding hydrogens is 258 g/mol. The molecule has 0 spiro atoms. The van der Waals surface area contributed by atoms with Crippen LogP contribution >= 0.6 is 11.6 Å². The largest absolute Gasteiger partial charge is 0.495 e. The van der Waals surface area contributed by atoms with Crippen molar-refractivity contribution >= 4 is 11.6 Å². The van der Waals surface area contributed by atoms with Gasteiger partial charge in [-0.2, -0.15) is 0 Å². The van der Waals surface area contributed by atoms with Crippen LogP contribution in [0, 0.1) is 0 Å². The van der Waals surface area contributed by atoms with Crippen molar-refractivity contribution in [3.05, 3.63) is 27.8 Å². The van der Waals surface area contributed by atoms with Gasteiger partial charge in [0.15, 0.2) is 0 Å². The maximum atomic E-state index is 6.45. The minimum Gasteiger partial charge on any atom is -0.495 e. The third-order valence-electron chi connectivity index (χ3n) is 4.55. The summed E-state index contributed by atoms with van der Waals surface area (Å²) < 4.78 is 5.64. The molecule has 104 valence electrons. The maximum Gasteiger partial charge on any atom is 0.141 e. The molecule has 3 rings (SSSR count). The van der Waals surface area contributed by atoms with Crippen LogP contribution in [0.2, 0.25) is 5.02 Å². The van der Waals surface area contributed by atoms with E-state index in [4.69, 9.17) is 16.3 Å². The van der Waals surface area contributed by atoms with Gasteiger partial charge in [-0.3, -0.25) is 0 Å². The monoisotopic (exact) mass is 279 g/mol. The van der Waals surface area contributed by atoms with E-state index in [-0.39, 0.29) is 0 Å². The first kappa shape index (κ1) is 13.3. The second-order valence-corrected chi connectivity index (χ2v) is 6.08. The number of hydrogen-bond acceptors (Lipinski definition) is 2. The maximum absolute atomic E-state index is 6.45. The number of halogens is 1. The molecule has 0 bridgehead atoms. The van der Waals surface area contributed by atoms with Gasteiger partial charge in [-0.1, -0.05) is 11.6 Å². The van der Waals surface area contributed by atoms with E-state index in [1.54, 1.807) is 12.7 Å². The van der Waals surface area contributed by atoms with Gasteiger partial charge >= 0.3 is 0 Å². The smallest absolute Gasteiger partial charge is 0.141 e. The molecule has 0 saturated carbocycles. The molecule has 0 unspecified atom stereocenters. The van der Waals surface area contributed by atoms with Gasteiger partial charge in [0.25, 0.3) is 0 Å². The summed E-state index contributed by atoms with van der Waals surface area (Å²) in [5, 5.41) is 4.25. The van der Waals surface area contributed by atoms with Crippen molar-refractivity contribution in [3.63, 3.8) is 0 Å². The molecule has 1 saturated heterocycles. The van der Waals surface area contributed by atoms with Crippen LogP contribution in [0.1, 0.15) is 48.3 Å². The normalized spacial score (nSPS) is 20.1. The number of methoxy groups -OCH3 is 1. The molecule has 1 aliphatic heterocycles. The summed E-state index contributed by atoms with van der Waals surface area (Å²) in [4.78, 5) is 0. The molecule has 1 aromatic rings. The molecule has 0 atom stereocenters. The van der Waals surface area contributed by atoms with Crippen molar-refractivity contribution in [2.75, 3.05) is 20.2 Å². The van der Waals surface area contributed by atoms with Crippen molar-refractivity contribution in [3.8, 4) is 5.75 Å². The fraction of sp³-hybridized carbons (Fsp3) is 0.625. The fourth-order valence-electron chi connectivity index (χ4n) is 3.63. The molecule has 1 aromatic carbocycles. The Balaban J connectivity index is 2.09. The highest BCUT2D eigenvalue weighted by Gasteiger charge is 2.27. The Kier molecular flexibility index (Phi) is 3.99. The Hall–Kier alpha value is -0.730. The Morgan fingerprint density at radius 1 is 1.21 bits per heavy atom. The summed E-state index contributed by atoms with van der Waals surface area (Å²) in [5.41, 5.74) is 4.43. The number of benzene rings is 1. The van der Waals surface area contributed by atoms with Gasteiger partial charge in [-0.05, 0) is 74.7 Å². The highest BCUT2D eigenvalue weighted by atomic mass is 35.5. The predicted octanol–water partition coefficient (Wildman–Crippen LogP) is 3.69. The molecule has 1 fully saturated rings. The zero-order valence-electron chi connectivity index (χ0n) is 11.6. The van der Waals surface area contributed by atoms with Crippen molar-refractivity contribution in [1.82, 2.24) is 5.32 Å². The molecule has 0 amide bonds. The minimum atomic E-state index is 0.613. The number of piperidine rings is 1. The molecular formula is C16H22ClNO. The second-order valence-electron chi connectivity index (χ2n) is 5.67. The summed E-state index contributed by atoms with van der Waals surface area (Å²) in [6.07, 6.45) is 7.36. The number of rotatable bonds is 2. The van der Waals surface area contributed by atoms with E-state index in [1.165, 1.54) is 49.7 Å². The number of aryl methyl sites for hydroxylation is 1. The quantitative estimate of drug-likeness (QED) is 0.891. The predicted molar refractivity (Wildman–Crippen MR) is 79.5 cm³/mol. The summed E-state index contributed by atoms with van der Waals surface area (Å²) in [6, 6.07) is 2.14. The molecule has 19 heavy (non-hydrogen) atoms. The van der Waals surface area contributed by atoms with E-state index in [9.17, 15) is 0 Å². The minimum absolute atomic E-state index is 0.613. The number of nitrogens with one attached hydrogen (secondary N) is 1. The average molecular weight is 280 g/mol. The molecule has 3 heteroatoms. The molecule has 1 heterocycles. The Labute approximate surface area is 120 Å². The van der Waals surface area contributed by atoms with Gasteiger partial charge in [0, 0.05) is 5.56 Å². The Bertz CT molecular complexity index is 466. The van der Waals surface area contributed by atoms with E-state index in [1.807, 2.05) is 0 Å². The Morgan fingerprint density at radius 2 is 1.95 bits per heavy atom. The number of ether oxygens (including phenoxy) is 1. The first-order valence-electron chi connectivity index (χ1n) is 7.40. The van der Waals surface area contributed by atoms with Crippen LogP contribution in [-0.4, -0.2) is 20.2 Å². The molecule has 1 aliphatic carbocycles. The van der Waals surface area contributed by atoms with Crippen LogP contribution in [0.5, 0.6) is 5.75 Å². The van der Waals surface area contributed by atoms with E-state index in [2.05, 4.69) is 11.4 Å². The molecule has 0 aromatic heterocycles. The first-order chi connectivity index (χ1) is 9.31. The fourth-order valence-corrected chi connectivity index (χ4v) is 3.94. The molecule has 2 aliphatic rings. The summed E-state index contributed by atoms with van der Waals surface area (Å²) in [6.45, 7) is 2.21. The summed E-state index contributed by atoms with van der Waals surface area (Å²) >= 11 is 6.45. The zero-order valence-corrected chi connectivity index (χ0v) is 12.4. The number of fused-ring (bicyclic) bond motifs is 1. The van der Waals surface area contributed by atoms with Crippen molar-refractivity contribution in [2.24, 2.45) is 0 Å². The molecule has 2 nitrogen and oxygen atoms in total. The van der Waals surface area contributed by atoms with E-state index >= 15 is 0 Å². The highest BCUT2D eigenvalue weighted by molar-refractivity contribution is 6.32. The lowest BCUT2D eigenvalue weighted by Gasteiger charge is -2.30. The van der Waals surface area contributed by atoms with Crippen LogP contribution in [-0.2, 0) is 12.8 Å². The third-order valence-corrected chi connectivity index (χ3v) is 4.83. The van der Waals surface area contributed by atoms with Crippen molar-refractivity contribution < 1.29 is 4.74 Å². The first-order valence-corrected chi connectivity index (χ1v) is 7.78. The van der Waals surface area contributed by atoms with Gasteiger partial charge < -0.3 is 10.1 Å². The summed E-state index contributed by atoms with van der Waals surface area (Å²) in [7, 11) is 1.75. The molecule has 1 N–H and O–H groups in total. The standard InChI is InChI=1S/C16H22ClNO/c1-19-16-14(17)10-12-4-2-3-5-13(12)15(16)11-6-8-18-9-7-11/h10-11,18H,2-9H2,1H3. The highest BCUT2D eigenvalue weighted by Crippen LogP contribution is 2.43. The van der Waals surface area contributed by atoms with E-state index < -0.39 is 0 Å². The van der Waals surface area contributed by atoms with Crippen molar-refractivity contribution in [2.45, 2.75) is 44.4 Å². The van der Waals surface area contributed by atoms with Gasteiger partial charge in [-0.25, -0.2) is 0 Å². The van der Waals surface area contributed by atoms with E-state index in [0.29, 0.717) is 5.92 Å². The van der Waals surface area contributed by atoms with Crippen LogP contribution in [0.3, 0.4) is 0 Å². The molecule has 0 radical (unpaired) electrons. The SMILES string of the molecule is COc1c(Cl)cc2c(c1C1CCNCC1)CCCC2. The number of hydrogen-bond donors (Lipinski definition) is 1. The zero-order chi connectivity index (χ0) is 13.2. The van der Waals surface area contributed by atoms with Gasteiger partial charge in [-0.15, -0.1) is 0 Å². The second kappa shape index (κ2) is 5.72. The van der Waals surface area contributed by atoms with Gasteiger partial charge in [0.05, 0.1) is 12.1 Å². The van der Waals surface area contributed by atoms with Crippen LogP contribution in [0.4, 0.5) is 0 Å². The van der Waals surface area contributed by atoms with Gasteiger partial charge in [0.1, 0.15) is 5.75 Å². The lowest BCUT2D eigenvalue weighted by Crippen LogP contribution is -2.28. The van der Waals surface area contributed by atoms with Crippen molar-refractivity contribution in [1.29, 1.82) is 0 Å².